The van der Waals surface area contributed by atoms with E-state index in [0.717, 1.165) is 5.56 Å². The van der Waals surface area contributed by atoms with Crippen molar-refractivity contribution in [2.24, 2.45) is 0 Å². The highest BCUT2D eigenvalue weighted by molar-refractivity contribution is 5.89. The molecule has 24 heavy (non-hydrogen) atoms. The first-order valence-electron chi connectivity index (χ1n) is 7.16. The van der Waals surface area contributed by atoms with E-state index in [9.17, 15) is 14.9 Å². The Morgan fingerprint density at radius 1 is 1.33 bits per heavy atom. The maximum atomic E-state index is 12.4. The average molecular weight is 325 g/mol. The number of hydrogen-bond acceptors (Lipinski definition) is 5. The lowest BCUT2D eigenvalue weighted by Gasteiger charge is -2.22. The second-order valence-electron chi connectivity index (χ2n) is 4.93. The summed E-state index contributed by atoms with van der Waals surface area (Å²) in [6.07, 6.45) is 3.49. The lowest BCUT2D eigenvalue weighted by atomic mass is 10.2. The Kier molecular flexibility index (Phi) is 5.80. The summed E-state index contributed by atoms with van der Waals surface area (Å²) in [6.45, 7) is 0.582. The zero-order chi connectivity index (χ0) is 17.4. The molecule has 0 saturated carbocycles. The second kappa shape index (κ2) is 8.24. The van der Waals surface area contributed by atoms with Crippen LogP contribution in [-0.2, 0) is 6.54 Å². The number of nitro benzene ring substituents is 1. The van der Waals surface area contributed by atoms with Crippen molar-refractivity contribution >= 4 is 17.4 Å². The van der Waals surface area contributed by atoms with Gasteiger partial charge in [0.05, 0.1) is 17.4 Å². The molecule has 0 unspecified atom stereocenters. The Balaban J connectivity index is 2.06. The zero-order valence-electron chi connectivity index (χ0n) is 12.8. The van der Waals surface area contributed by atoms with Crippen LogP contribution in [0.4, 0.5) is 16.2 Å². The van der Waals surface area contributed by atoms with E-state index in [1.54, 1.807) is 18.5 Å². The topological polar surface area (TPSA) is 112 Å². The normalized spacial score (nSPS) is 9.79. The van der Waals surface area contributed by atoms with E-state index < -0.39 is 4.92 Å². The fourth-order valence-corrected chi connectivity index (χ4v) is 2.02. The molecule has 2 amide bonds. The zero-order valence-corrected chi connectivity index (χ0v) is 12.8. The smallest absolute Gasteiger partial charge is 0.319 e. The van der Waals surface area contributed by atoms with Crippen molar-refractivity contribution in [2.45, 2.75) is 13.0 Å². The SMILES string of the molecule is N#CCCN(Cc1cccnc1)C(=O)Nc1ccc([N+](=O)[O-])cc1. The Hall–Kier alpha value is -3.47. The molecule has 2 rings (SSSR count). The highest BCUT2D eigenvalue weighted by Crippen LogP contribution is 2.16. The van der Waals surface area contributed by atoms with Crippen LogP contribution in [0, 0.1) is 21.4 Å². The summed E-state index contributed by atoms with van der Waals surface area (Å²) >= 11 is 0. The molecule has 1 aromatic carbocycles. The number of non-ortho nitro benzene ring substituents is 1. The molecule has 0 aliphatic carbocycles. The van der Waals surface area contributed by atoms with Gasteiger partial charge in [-0.25, -0.2) is 4.79 Å². The predicted octanol–water partition coefficient (Wildman–Crippen LogP) is 2.94. The molecule has 0 radical (unpaired) electrons. The summed E-state index contributed by atoms with van der Waals surface area (Å²) in [4.78, 5) is 28.0. The molecule has 1 aromatic heterocycles. The van der Waals surface area contributed by atoms with Gasteiger partial charge in [-0.3, -0.25) is 15.1 Å². The molecule has 0 aliphatic heterocycles. The van der Waals surface area contributed by atoms with Crippen LogP contribution < -0.4 is 5.32 Å². The van der Waals surface area contributed by atoms with E-state index in [0.29, 0.717) is 12.2 Å². The molecule has 8 heteroatoms. The van der Waals surface area contributed by atoms with E-state index in [2.05, 4.69) is 10.3 Å². The fourth-order valence-electron chi connectivity index (χ4n) is 2.02. The van der Waals surface area contributed by atoms with Crippen molar-refractivity contribution in [3.8, 4) is 6.07 Å². The summed E-state index contributed by atoms with van der Waals surface area (Å²) < 4.78 is 0. The summed E-state index contributed by atoms with van der Waals surface area (Å²) in [5.41, 5.74) is 1.23. The van der Waals surface area contributed by atoms with Crippen LogP contribution in [0.5, 0.6) is 0 Å². The van der Waals surface area contributed by atoms with Crippen LogP contribution in [0.3, 0.4) is 0 Å². The van der Waals surface area contributed by atoms with Crippen molar-refractivity contribution in [1.82, 2.24) is 9.88 Å². The summed E-state index contributed by atoms with van der Waals surface area (Å²) in [5, 5.41) is 22.1. The number of carbonyl (C=O) groups excluding carboxylic acids is 1. The second-order valence-corrected chi connectivity index (χ2v) is 4.93. The van der Waals surface area contributed by atoms with Gasteiger partial charge in [-0.1, -0.05) is 6.07 Å². The highest BCUT2D eigenvalue weighted by Gasteiger charge is 2.14. The summed E-state index contributed by atoms with van der Waals surface area (Å²) in [5.74, 6) is 0. The largest absolute Gasteiger partial charge is 0.322 e. The summed E-state index contributed by atoms with van der Waals surface area (Å²) in [6, 6.07) is 10.8. The molecule has 0 saturated heterocycles. The average Bonchev–Trinajstić information content (AvgIpc) is 2.60. The predicted molar refractivity (Wildman–Crippen MR) is 87.0 cm³/mol. The molecule has 122 valence electrons. The molecule has 1 heterocycles. The van der Waals surface area contributed by atoms with Gasteiger partial charge in [0.25, 0.3) is 5.69 Å². The van der Waals surface area contributed by atoms with E-state index in [1.165, 1.54) is 29.2 Å². The molecule has 0 atom stereocenters. The molecule has 0 spiro atoms. The summed E-state index contributed by atoms with van der Waals surface area (Å²) in [7, 11) is 0. The van der Waals surface area contributed by atoms with Crippen molar-refractivity contribution in [1.29, 1.82) is 5.26 Å². The van der Waals surface area contributed by atoms with Gasteiger partial charge in [-0.2, -0.15) is 5.26 Å². The van der Waals surface area contributed by atoms with Gasteiger partial charge in [-0.05, 0) is 23.8 Å². The van der Waals surface area contributed by atoms with Gasteiger partial charge < -0.3 is 10.2 Å². The van der Waals surface area contributed by atoms with E-state index in [-0.39, 0.29) is 24.7 Å². The number of nitro groups is 1. The van der Waals surface area contributed by atoms with Crippen molar-refractivity contribution in [2.75, 3.05) is 11.9 Å². The number of pyridine rings is 1. The van der Waals surface area contributed by atoms with E-state index in [1.807, 2.05) is 12.1 Å². The standard InChI is InChI=1S/C16H15N5O3/c17-8-2-10-20(12-13-3-1-9-18-11-13)16(22)19-14-4-6-15(7-5-14)21(23)24/h1,3-7,9,11H,2,10,12H2,(H,19,22). The van der Waals surface area contributed by atoms with Gasteiger partial charge in [0.2, 0.25) is 0 Å². The van der Waals surface area contributed by atoms with Crippen LogP contribution >= 0.6 is 0 Å². The van der Waals surface area contributed by atoms with Crippen molar-refractivity contribution in [3.63, 3.8) is 0 Å². The van der Waals surface area contributed by atoms with Crippen LogP contribution in [0.2, 0.25) is 0 Å². The van der Waals surface area contributed by atoms with Gasteiger partial charge in [0.15, 0.2) is 0 Å². The third-order valence-electron chi connectivity index (χ3n) is 3.21. The molecule has 1 N–H and O–H groups in total. The maximum Gasteiger partial charge on any atom is 0.322 e. The molecule has 0 aliphatic rings. The number of nitrogens with one attached hydrogen (secondary N) is 1. The molecule has 0 bridgehead atoms. The first-order valence-corrected chi connectivity index (χ1v) is 7.16. The Labute approximate surface area is 138 Å². The fraction of sp³-hybridized carbons (Fsp3) is 0.188. The van der Waals surface area contributed by atoms with Gasteiger partial charge in [0.1, 0.15) is 0 Å². The van der Waals surface area contributed by atoms with Crippen molar-refractivity contribution < 1.29 is 9.72 Å². The number of carbonyl (C=O) groups is 1. The van der Waals surface area contributed by atoms with E-state index >= 15 is 0 Å². The number of urea groups is 1. The van der Waals surface area contributed by atoms with Crippen LogP contribution in [0.1, 0.15) is 12.0 Å². The third-order valence-corrected chi connectivity index (χ3v) is 3.21. The van der Waals surface area contributed by atoms with Crippen LogP contribution in [0.25, 0.3) is 0 Å². The lowest BCUT2D eigenvalue weighted by molar-refractivity contribution is -0.384. The number of nitriles is 1. The quantitative estimate of drug-likeness (QED) is 0.648. The molecular weight excluding hydrogens is 310 g/mol. The Morgan fingerprint density at radius 3 is 2.67 bits per heavy atom. The van der Waals surface area contributed by atoms with Gasteiger partial charge in [0, 0.05) is 43.3 Å². The minimum absolute atomic E-state index is 0.0512. The third kappa shape index (κ3) is 4.78. The number of rotatable bonds is 6. The number of aromatic nitrogens is 1. The molecule has 8 nitrogen and oxygen atoms in total. The van der Waals surface area contributed by atoms with Gasteiger partial charge >= 0.3 is 6.03 Å². The molecule has 0 fully saturated rings. The van der Waals surface area contributed by atoms with E-state index in [4.69, 9.17) is 5.26 Å². The number of benzene rings is 1. The first-order chi connectivity index (χ1) is 11.6. The lowest BCUT2D eigenvalue weighted by Crippen LogP contribution is -2.35. The monoisotopic (exact) mass is 325 g/mol. The number of anilines is 1. The first kappa shape index (κ1) is 16.9. The minimum atomic E-state index is -0.507. The highest BCUT2D eigenvalue weighted by atomic mass is 16.6. The van der Waals surface area contributed by atoms with Crippen LogP contribution in [-0.4, -0.2) is 27.4 Å². The Morgan fingerprint density at radius 2 is 2.08 bits per heavy atom. The van der Waals surface area contributed by atoms with Gasteiger partial charge in [-0.15, -0.1) is 0 Å². The molecule has 2 aromatic rings. The molecular formula is C16H15N5O3. The van der Waals surface area contributed by atoms with Crippen molar-refractivity contribution in [3.05, 3.63) is 64.5 Å². The number of amides is 2. The number of nitrogens with zero attached hydrogens (tertiary/aromatic N) is 4. The number of hydrogen-bond donors (Lipinski definition) is 1. The minimum Gasteiger partial charge on any atom is -0.319 e. The Bertz CT molecular complexity index is 741. The van der Waals surface area contributed by atoms with Crippen LogP contribution in [0.15, 0.2) is 48.8 Å². The maximum absolute atomic E-state index is 12.4.